The molecule has 2 N–H and O–H groups in total. The molecule has 6 heteroatoms. The van der Waals surface area contributed by atoms with Gasteiger partial charge >= 0.3 is 0 Å². The number of ether oxygens (including phenoxy) is 2. The molecule has 0 amide bonds. The third kappa shape index (κ3) is 7.06. The van der Waals surface area contributed by atoms with Crippen LogP contribution in [0.1, 0.15) is 18.9 Å². The number of hydrogen-bond donors (Lipinski definition) is 2. The third-order valence-corrected chi connectivity index (χ3v) is 2.56. The molecule has 0 aliphatic heterocycles. The second-order valence-electron chi connectivity index (χ2n) is 4.04. The summed E-state index contributed by atoms with van der Waals surface area (Å²) in [6.07, 6.45) is 2.70. The first-order valence-corrected chi connectivity index (χ1v) is 6.95. The zero-order valence-corrected chi connectivity index (χ0v) is 12.7. The zero-order valence-electron chi connectivity index (χ0n) is 11.9. The predicted molar refractivity (Wildman–Crippen MR) is 85.4 cm³/mol. The number of thiocarbonyl (C=S) groups is 1. The summed E-state index contributed by atoms with van der Waals surface area (Å²) in [6.45, 7) is 4.07. The van der Waals surface area contributed by atoms with Gasteiger partial charge in [-0.2, -0.15) is 5.10 Å². The van der Waals surface area contributed by atoms with Gasteiger partial charge in [0.2, 0.25) is 0 Å². The van der Waals surface area contributed by atoms with Crippen molar-refractivity contribution in [2.75, 3.05) is 26.9 Å². The Morgan fingerprint density at radius 3 is 2.70 bits per heavy atom. The van der Waals surface area contributed by atoms with Crippen LogP contribution in [0.2, 0.25) is 0 Å². The number of nitrogens with zero attached hydrogens (tertiary/aromatic N) is 1. The molecular formula is C14H21N3O2S. The molecule has 0 aromatic heterocycles. The van der Waals surface area contributed by atoms with Gasteiger partial charge in [0, 0.05) is 13.7 Å². The van der Waals surface area contributed by atoms with Gasteiger partial charge < -0.3 is 14.8 Å². The Balaban J connectivity index is 2.32. The molecule has 0 atom stereocenters. The van der Waals surface area contributed by atoms with Crippen molar-refractivity contribution in [1.29, 1.82) is 0 Å². The molecule has 0 saturated carbocycles. The summed E-state index contributed by atoms with van der Waals surface area (Å²) in [7, 11) is 1.64. The second kappa shape index (κ2) is 10.2. The van der Waals surface area contributed by atoms with E-state index in [1.165, 1.54) is 0 Å². The van der Waals surface area contributed by atoms with Crippen LogP contribution in [0.5, 0.6) is 5.75 Å². The summed E-state index contributed by atoms with van der Waals surface area (Å²) in [6, 6.07) is 7.73. The highest BCUT2D eigenvalue weighted by Crippen LogP contribution is 2.11. The molecule has 0 unspecified atom stereocenters. The van der Waals surface area contributed by atoms with Crippen LogP contribution in [0, 0.1) is 0 Å². The Hall–Kier alpha value is -1.66. The minimum Gasteiger partial charge on any atom is -0.494 e. The molecule has 5 nitrogen and oxygen atoms in total. The maximum absolute atomic E-state index is 5.51. The zero-order chi connectivity index (χ0) is 14.6. The summed E-state index contributed by atoms with van der Waals surface area (Å²) in [5, 5.41) is 7.49. The van der Waals surface area contributed by atoms with Gasteiger partial charge in [-0.05, 0) is 48.5 Å². The average Bonchev–Trinajstić information content (AvgIpc) is 2.47. The number of hydrazone groups is 1. The number of nitrogens with one attached hydrogen (secondary N) is 2. The van der Waals surface area contributed by atoms with E-state index in [1.54, 1.807) is 13.3 Å². The maximum Gasteiger partial charge on any atom is 0.187 e. The fourth-order valence-corrected chi connectivity index (χ4v) is 1.50. The molecule has 0 spiro atoms. The Bertz CT molecular complexity index is 421. The quantitative estimate of drug-likeness (QED) is 0.332. The number of hydrogen-bond acceptors (Lipinski definition) is 4. The van der Waals surface area contributed by atoms with Crippen molar-refractivity contribution in [1.82, 2.24) is 10.7 Å². The molecule has 20 heavy (non-hydrogen) atoms. The van der Waals surface area contributed by atoms with Crippen molar-refractivity contribution in [3.05, 3.63) is 29.8 Å². The minimum absolute atomic E-state index is 0.473. The number of rotatable bonds is 8. The highest BCUT2D eigenvalue weighted by atomic mass is 32.1. The van der Waals surface area contributed by atoms with E-state index in [1.807, 2.05) is 24.3 Å². The fourth-order valence-electron chi connectivity index (χ4n) is 1.34. The molecule has 1 aromatic rings. The van der Waals surface area contributed by atoms with Crippen LogP contribution in [0.25, 0.3) is 0 Å². The molecule has 0 saturated heterocycles. The van der Waals surface area contributed by atoms with Crippen molar-refractivity contribution in [3.8, 4) is 5.75 Å². The van der Waals surface area contributed by atoms with Crippen molar-refractivity contribution in [3.63, 3.8) is 0 Å². The minimum atomic E-state index is 0.473. The summed E-state index contributed by atoms with van der Waals surface area (Å²) in [5.41, 5.74) is 3.72. The normalized spacial score (nSPS) is 10.5. The number of benzene rings is 1. The first-order valence-electron chi connectivity index (χ1n) is 6.55. The lowest BCUT2D eigenvalue weighted by Crippen LogP contribution is -2.34. The van der Waals surface area contributed by atoms with E-state index in [2.05, 4.69) is 22.8 Å². The van der Waals surface area contributed by atoms with Gasteiger partial charge in [0.1, 0.15) is 5.75 Å². The molecule has 1 rings (SSSR count). The van der Waals surface area contributed by atoms with Gasteiger partial charge in [-0.1, -0.05) is 6.92 Å². The van der Waals surface area contributed by atoms with Gasteiger partial charge in [0.25, 0.3) is 0 Å². The van der Waals surface area contributed by atoms with Gasteiger partial charge in [-0.25, -0.2) is 0 Å². The highest BCUT2D eigenvalue weighted by Gasteiger charge is 1.94. The van der Waals surface area contributed by atoms with Crippen LogP contribution in [0.3, 0.4) is 0 Å². The third-order valence-electron chi connectivity index (χ3n) is 2.32. The highest BCUT2D eigenvalue weighted by molar-refractivity contribution is 7.80. The SMILES string of the molecule is CCCOc1ccc(/C=N\NC(=S)NCCOC)cc1. The summed E-state index contributed by atoms with van der Waals surface area (Å²) >= 11 is 5.04. The molecule has 0 bridgehead atoms. The lowest BCUT2D eigenvalue weighted by atomic mass is 10.2. The molecule has 110 valence electrons. The van der Waals surface area contributed by atoms with E-state index < -0.39 is 0 Å². The summed E-state index contributed by atoms with van der Waals surface area (Å²) in [4.78, 5) is 0. The van der Waals surface area contributed by atoms with Crippen LogP contribution >= 0.6 is 12.2 Å². The Kier molecular flexibility index (Phi) is 8.33. The molecule has 1 aromatic carbocycles. The fraction of sp³-hybridized carbons (Fsp3) is 0.429. The largest absolute Gasteiger partial charge is 0.494 e. The molecule has 0 fully saturated rings. The van der Waals surface area contributed by atoms with Crippen LogP contribution in [0.15, 0.2) is 29.4 Å². The molecule has 0 heterocycles. The standard InChI is InChI=1S/C14H21N3O2S/c1-3-9-19-13-6-4-12(5-7-13)11-16-17-14(20)15-8-10-18-2/h4-7,11H,3,8-10H2,1-2H3,(H2,15,17,20)/b16-11-. The van der Waals surface area contributed by atoms with Crippen molar-refractivity contribution >= 4 is 23.5 Å². The van der Waals surface area contributed by atoms with Crippen molar-refractivity contribution in [2.24, 2.45) is 5.10 Å². The topological polar surface area (TPSA) is 54.9 Å². The van der Waals surface area contributed by atoms with Gasteiger partial charge in [-0.15, -0.1) is 0 Å². The first kappa shape index (κ1) is 16.4. The molecule has 0 aliphatic carbocycles. The van der Waals surface area contributed by atoms with E-state index in [0.717, 1.165) is 24.3 Å². The molecule has 0 radical (unpaired) electrons. The first-order chi connectivity index (χ1) is 9.76. The summed E-state index contributed by atoms with van der Waals surface area (Å²) < 4.78 is 10.4. The lowest BCUT2D eigenvalue weighted by Gasteiger charge is -2.06. The van der Waals surface area contributed by atoms with E-state index in [9.17, 15) is 0 Å². The van der Waals surface area contributed by atoms with E-state index in [4.69, 9.17) is 21.7 Å². The Morgan fingerprint density at radius 1 is 1.30 bits per heavy atom. The Labute approximate surface area is 125 Å². The van der Waals surface area contributed by atoms with Crippen LogP contribution in [0.4, 0.5) is 0 Å². The Morgan fingerprint density at radius 2 is 2.05 bits per heavy atom. The van der Waals surface area contributed by atoms with Gasteiger partial charge in [-0.3, -0.25) is 5.43 Å². The number of methoxy groups -OCH3 is 1. The van der Waals surface area contributed by atoms with Gasteiger partial charge in [0.05, 0.1) is 19.4 Å². The summed E-state index contributed by atoms with van der Waals surface area (Å²) in [5.74, 6) is 0.869. The average molecular weight is 295 g/mol. The van der Waals surface area contributed by atoms with Crippen LogP contribution in [-0.2, 0) is 4.74 Å². The molecular weight excluding hydrogens is 274 g/mol. The van der Waals surface area contributed by atoms with Gasteiger partial charge in [0.15, 0.2) is 5.11 Å². The van der Waals surface area contributed by atoms with Crippen LogP contribution in [-0.4, -0.2) is 38.2 Å². The predicted octanol–water partition coefficient (Wildman–Crippen LogP) is 1.92. The van der Waals surface area contributed by atoms with E-state index in [0.29, 0.717) is 18.3 Å². The second-order valence-corrected chi connectivity index (χ2v) is 4.44. The van der Waals surface area contributed by atoms with Crippen molar-refractivity contribution in [2.45, 2.75) is 13.3 Å². The van der Waals surface area contributed by atoms with E-state index in [-0.39, 0.29) is 0 Å². The smallest absolute Gasteiger partial charge is 0.187 e. The lowest BCUT2D eigenvalue weighted by molar-refractivity contribution is 0.204. The monoisotopic (exact) mass is 295 g/mol. The van der Waals surface area contributed by atoms with E-state index >= 15 is 0 Å². The maximum atomic E-state index is 5.51. The van der Waals surface area contributed by atoms with Crippen molar-refractivity contribution < 1.29 is 9.47 Å². The molecule has 0 aliphatic rings. The van der Waals surface area contributed by atoms with Crippen LogP contribution < -0.4 is 15.5 Å².